The van der Waals surface area contributed by atoms with Crippen molar-refractivity contribution in [3.63, 3.8) is 0 Å². The van der Waals surface area contributed by atoms with Gasteiger partial charge in [0.05, 0.1) is 12.3 Å². The average Bonchev–Trinajstić information content (AvgIpc) is 3.06. The van der Waals surface area contributed by atoms with E-state index in [1.54, 1.807) is 12.1 Å². The largest absolute Gasteiger partial charge is 0.459 e. The van der Waals surface area contributed by atoms with Crippen LogP contribution in [0.15, 0.2) is 51.6 Å². The minimum atomic E-state index is -0.267. The molecule has 2 aromatic rings. The Hall–Kier alpha value is -2.08. The lowest BCUT2D eigenvalue weighted by molar-refractivity contribution is -0.121. The van der Waals surface area contributed by atoms with E-state index in [9.17, 15) is 9.59 Å². The Morgan fingerprint density at radius 2 is 2.00 bits per heavy atom. The maximum Gasteiger partial charge on any atom is 0.286 e. The summed E-state index contributed by atoms with van der Waals surface area (Å²) >= 11 is 3.48. The Balaban J connectivity index is 1.69. The van der Waals surface area contributed by atoms with Crippen molar-refractivity contribution in [1.82, 2.24) is 10.6 Å². The van der Waals surface area contributed by atoms with Crippen molar-refractivity contribution >= 4 is 27.7 Å². The smallest absolute Gasteiger partial charge is 0.286 e. The zero-order valence-corrected chi connectivity index (χ0v) is 14.4. The third-order valence-electron chi connectivity index (χ3n) is 3.36. The van der Waals surface area contributed by atoms with Crippen LogP contribution in [0.5, 0.6) is 0 Å². The Bertz CT molecular complexity index is 656. The molecule has 0 aliphatic carbocycles. The van der Waals surface area contributed by atoms with Gasteiger partial charge < -0.3 is 15.1 Å². The highest BCUT2D eigenvalue weighted by Crippen LogP contribution is 2.22. The van der Waals surface area contributed by atoms with Gasteiger partial charge in [0.1, 0.15) is 0 Å². The summed E-state index contributed by atoms with van der Waals surface area (Å²) in [5, 5.41) is 5.67. The number of benzene rings is 1. The molecular weight excluding hydrogens is 360 g/mol. The van der Waals surface area contributed by atoms with E-state index in [4.69, 9.17) is 4.42 Å². The minimum absolute atomic E-state index is 0.0412. The van der Waals surface area contributed by atoms with Gasteiger partial charge in [-0.2, -0.15) is 0 Å². The number of nitrogens with one attached hydrogen (secondary N) is 2. The lowest BCUT2D eigenvalue weighted by Gasteiger charge is -2.15. The van der Waals surface area contributed by atoms with E-state index in [2.05, 4.69) is 26.6 Å². The SMILES string of the molecule is CC(NC(=O)CCCNC(=O)c1ccco1)c1ccccc1Br. The Labute approximate surface area is 143 Å². The third kappa shape index (κ3) is 5.25. The predicted octanol–water partition coefficient (Wildman–Crippen LogP) is 3.43. The normalized spacial score (nSPS) is 11.7. The van der Waals surface area contributed by atoms with E-state index in [1.807, 2.05) is 31.2 Å². The van der Waals surface area contributed by atoms with Crippen LogP contribution in [-0.4, -0.2) is 18.4 Å². The van der Waals surface area contributed by atoms with E-state index >= 15 is 0 Å². The molecular formula is C17H19BrN2O3. The van der Waals surface area contributed by atoms with Crippen LogP contribution in [0, 0.1) is 0 Å². The first kappa shape index (κ1) is 17.3. The van der Waals surface area contributed by atoms with Gasteiger partial charge in [-0.05, 0) is 37.1 Å². The molecule has 1 aromatic heterocycles. The first-order chi connectivity index (χ1) is 11.1. The minimum Gasteiger partial charge on any atom is -0.459 e. The monoisotopic (exact) mass is 378 g/mol. The highest BCUT2D eigenvalue weighted by atomic mass is 79.9. The Morgan fingerprint density at radius 1 is 1.22 bits per heavy atom. The summed E-state index contributed by atoms with van der Waals surface area (Å²) in [4.78, 5) is 23.6. The van der Waals surface area contributed by atoms with Crippen LogP contribution in [0.3, 0.4) is 0 Å². The number of hydrogen-bond acceptors (Lipinski definition) is 3. The van der Waals surface area contributed by atoms with Crippen molar-refractivity contribution in [2.24, 2.45) is 0 Å². The number of furan rings is 1. The molecule has 1 heterocycles. The van der Waals surface area contributed by atoms with Gasteiger partial charge in [0, 0.05) is 17.4 Å². The van der Waals surface area contributed by atoms with Crippen molar-refractivity contribution in [3.05, 3.63) is 58.5 Å². The van der Waals surface area contributed by atoms with Crippen LogP contribution in [0.25, 0.3) is 0 Å². The summed E-state index contributed by atoms with van der Waals surface area (Å²) in [6.45, 7) is 2.37. The van der Waals surface area contributed by atoms with E-state index in [0.717, 1.165) is 10.0 Å². The van der Waals surface area contributed by atoms with Crippen molar-refractivity contribution in [1.29, 1.82) is 0 Å². The van der Waals surface area contributed by atoms with Gasteiger partial charge >= 0.3 is 0 Å². The summed E-state index contributed by atoms with van der Waals surface area (Å²) < 4.78 is 5.96. The number of carbonyl (C=O) groups excluding carboxylic acids is 2. The molecule has 0 radical (unpaired) electrons. The molecule has 5 nitrogen and oxygen atoms in total. The van der Waals surface area contributed by atoms with Gasteiger partial charge in [0.15, 0.2) is 5.76 Å². The van der Waals surface area contributed by atoms with Crippen LogP contribution in [0.4, 0.5) is 0 Å². The van der Waals surface area contributed by atoms with Gasteiger partial charge in [0.25, 0.3) is 5.91 Å². The average molecular weight is 379 g/mol. The molecule has 122 valence electrons. The molecule has 2 amide bonds. The lowest BCUT2D eigenvalue weighted by atomic mass is 10.1. The summed E-state index contributed by atoms with van der Waals surface area (Å²) in [5.74, 6) is -0.0329. The second-order valence-corrected chi connectivity index (χ2v) is 6.00. The summed E-state index contributed by atoms with van der Waals surface area (Å²) in [7, 11) is 0. The van der Waals surface area contributed by atoms with Crippen LogP contribution in [0.1, 0.15) is 41.9 Å². The maximum absolute atomic E-state index is 12.0. The number of halogens is 1. The summed E-state index contributed by atoms with van der Waals surface area (Å²) in [6, 6.07) is 11.0. The standard InChI is InChI=1S/C17H19BrN2O3/c1-12(13-6-2-3-7-14(13)18)20-16(21)9-4-10-19-17(22)15-8-5-11-23-15/h2-3,5-8,11-12H,4,9-10H2,1H3,(H,19,22)(H,20,21). The molecule has 0 aliphatic heterocycles. The van der Waals surface area contributed by atoms with Crippen molar-refractivity contribution in [2.75, 3.05) is 6.54 Å². The lowest BCUT2D eigenvalue weighted by Crippen LogP contribution is -2.29. The van der Waals surface area contributed by atoms with Crippen LogP contribution in [-0.2, 0) is 4.79 Å². The molecule has 0 bridgehead atoms. The van der Waals surface area contributed by atoms with Gasteiger partial charge in [0.2, 0.25) is 5.91 Å². The summed E-state index contributed by atoms with van der Waals surface area (Å²) in [5.41, 5.74) is 1.03. The van der Waals surface area contributed by atoms with Crippen LogP contribution >= 0.6 is 15.9 Å². The topological polar surface area (TPSA) is 71.3 Å². The van der Waals surface area contributed by atoms with Gasteiger partial charge in [-0.15, -0.1) is 0 Å². The first-order valence-electron chi connectivity index (χ1n) is 7.43. The molecule has 0 fully saturated rings. The quantitative estimate of drug-likeness (QED) is 0.724. The molecule has 2 N–H and O–H groups in total. The van der Waals surface area contributed by atoms with Crippen LogP contribution in [0.2, 0.25) is 0 Å². The zero-order chi connectivity index (χ0) is 16.7. The molecule has 0 aliphatic rings. The zero-order valence-electron chi connectivity index (χ0n) is 12.8. The molecule has 0 spiro atoms. The van der Waals surface area contributed by atoms with E-state index in [0.29, 0.717) is 19.4 Å². The summed E-state index contributed by atoms with van der Waals surface area (Å²) in [6.07, 6.45) is 2.37. The maximum atomic E-state index is 12.0. The van der Waals surface area contributed by atoms with Gasteiger partial charge in [-0.3, -0.25) is 9.59 Å². The van der Waals surface area contributed by atoms with Gasteiger partial charge in [-0.25, -0.2) is 0 Å². The number of hydrogen-bond donors (Lipinski definition) is 2. The Morgan fingerprint density at radius 3 is 2.70 bits per heavy atom. The van der Waals surface area contributed by atoms with Crippen LogP contribution < -0.4 is 10.6 Å². The molecule has 1 aromatic carbocycles. The molecule has 0 saturated heterocycles. The first-order valence-corrected chi connectivity index (χ1v) is 8.22. The van der Waals surface area contributed by atoms with Crippen molar-refractivity contribution in [2.45, 2.75) is 25.8 Å². The molecule has 0 saturated carbocycles. The predicted molar refractivity (Wildman–Crippen MR) is 91.0 cm³/mol. The van der Waals surface area contributed by atoms with E-state index in [1.165, 1.54) is 6.26 Å². The molecule has 1 unspecified atom stereocenters. The van der Waals surface area contributed by atoms with Crippen molar-refractivity contribution < 1.29 is 14.0 Å². The number of carbonyl (C=O) groups is 2. The van der Waals surface area contributed by atoms with Gasteiger partial charge in [-0.1, -0.05) is 34.1 Å². The molecule has 2 rings (SSSR count). The third-order valence-corrected chi connectivity index (χ3v) is 4.08. The highest BCUT2D eigenvalue weighted by molar-refractivity contribution is 9.10. The molecule has 1 atom stereocenters. The Kier molecular flexibility index (Phi) is 6.40. The number of amides is 2. The highest BCUT2D eigenvalue weighted by Gasteiger charge is 2.12. The van der Waals surface area contributed by atoms with E-state index < -0.39 is 0 Å². The fourth-order valence-electron chi connectivity index (χ4n) is 2.16. The second-order valence-electron chi connectivity index (χ2n) is 5.15. The second kappa shape index (κ2) is 8.53. The fraction of sp³-hybridized carbons (Fsp3) is 0.294. The molecule has 23 heavy (non-hydrogen) atoms. The number of rotatable bonds is 7. The molecule has 6 heteroatoms. The van der Waals surface area contributed by atoms with Crippen molar-refractivity contribution in [3.8, 4) is 0 Å². The fourth-order valence-corrected chi connectivity index (χ4v) is 2.79. The van der Waals surface area contributed by atoms with E-state index in [-0.39, 0.29) is 23.6 Å².